The number of hydrogen-bond donors (Lipinski definition) is 2. The highest BCUT2D eigenvalue weighted by molar-refractivity contribution is 9.11. The molecule has 108 valence electrons. The number of methoxy groups -OCH3 is 1. The molecule has 0 spiro atoms. The van der Waals surface area contributed by atoms with E-state index in [0.717, 1.165) is 26.7 Å². The summed E-state index contributed by atoms with van der Waals surface area (Å²) in [7, 11) is 1.66. The standard InChI is InChI=1S/C14H21Br2NO2/c1-9(2)4-12(8-18)17-7-10-5-11(15)6-13(16)14(10)19-3/h5-6,9,12,17-18H,4,7-8H2,1-3H3. The van der Waals surface area contributed by atoms with Gasteiger partial charge in [-0.15, -0.1) is 0 Å². The normalized spacial score (nSPS) is 12.8. The Morgan fingerprint density at radius 2 is 2.00 bits per heavy atom. The fourth-order valence-electron chi connectivity index (χ4n) is 2.02. The van der Waals surface area contributed by atoms with Crippen molar-refractivity contribution < 1.29 is 9.84 Å². The van der Waals surface area contributed by atoms with Gasteiger partial charge in [-0.1, -0.05) is 29.8 Å². The molecular formula is C14H21Br2NO2. The average molecular weight is 395 g/mol. The van der Waals surface area contributed by atoms with Crippen molar-refractivity contribution in [2.45, 2.75) is 32.9 Å². The summed E-state index contributed by atoms with van der Waals surface area (Å²) in [6.45, 7) is 5.12. The van der Waals surface area contributed by atoms with Crippen LogP contribution < -0.4 is 10.1 Å². The Kier molecular flexibility index (Phi) is 7.36. The van der Waals surface area contributed by atoms with E-state index in [0.29, 0.717) is 12.5 Å². The Morgan fingerprint density at radius 1 is 1.32 bits per heavy atom. The smallest absolute Gasteiger partial charge is 0.137 e. The summed E-state index contributed by atoms with van der Waals surface area (Å²) >= 11 is 6.97. The van der Waals surface area contributed by atoms with E-state index in [2.05, 4.69) is 51.0 Å². The quantitative estimate of drug-likeness (QED) is 0.740. The number of hydrogen-bond acceptors (Lipinski definition) is 3. The molecule has 0 radical (unpaired) electrons. The fourth-order valence-corrected chi connectivity index (χ4v) is 3.49. The first-order valence-corrected chi connectivity index (χ1v) is 7.92. The van der Waals surface area contributed by atoms with Crippen LogP contribution in [-0.2, 0) is 6.54 Å². The second-order valence-electron chi connectivity index (χ2n) is 4.97. The third kappa shape index (κ3) is 5.42. The number of nitrogens with one attached hydrogen (secondary N) is 1. The zero-order chi connectivity index (χ0) is 14.4. The zero-order valence-corrected chi connectivity index (χ0v) is 14.7. The lowest BCUT2D eigenvalue weighted by Gasteiger charge is -2.19. The summed E-state index contributed by atoms with van der Waals surface area (Å²) in [5.74, 6) is 1.39. The van der Waals surface area contributed by atoms with Crippen LogP contribution in [0, 0.1) is 5.92 Å². The number of aliphatic hydroxyl groups is 1. The van der Waals surface area contributed by atoms with Crippen LogP contribution in [-0.4, -0.2) is 24.9 Å². The summed E-state index contributed by atoms with van der Waals surface area (Å²) in [5, 5.41) is 12.8. The molecule has 0 aliphatic heterocycles. The molecule has 5 heteroatoms. The highest BCUT2D eigenvalue weighted by atomic mass is 79.9. The van der Waals surface area contributed by atoms with E-state index in [-0.39, 0.29) is 12.6 Å². The Bertz CT molecular complexity index is 411. The lowest BCUT2D eigenvalue weighted by atomic mass is 10.0. The minimum atomic E-state index is 0.113. The van der Waals surface area contributed by atoms with Gasteiger partial charge in [-0.05, 0) is 40.4 Å². The van der Waals surface area contributed by atoms with E-state index < -0.39 is 0 Å². The topological polar surface area (TPSA) is 41.5 Å². The summed E-state index contributed by atoms with van der Waals surface area (Å²) in [4.78, 5) is 0. The van der Waals surface area contributed by atoms with Crippen molar-refractivity contribution in [3.8, 4) is 5.75 Å². The molecule has 19 heavy (non-hydrogen) atoms. The highest BCUT2D eigenvalue weighted by Gasteiger charge is 2.13. The second kappa shape index (κ2) is 8.25. The maximum Gasteiger partial charge on any atom is 0.137 e. The molecule has 0 aliphatic carbocycles. The van der Waals surface area contributed by atoms with Crippen LogP contribution in [0.25, 0.3) is 0 Å². The molecule has 2 N–H and O–H groups in total. The minimum absolute atomic E-state index is 0.113. The zero-order valence-electron chi connectivity index (χ0n) is 11.5. The average Bonchev–Trinajstić information content (AvgIpc) is 2.33. The fraction of sp³-hybridized carbons (Fsp3) is 0.571. The van der Waals surface area contributed by atoms with Crippen molar-refractivity contribution in [1.82, 2.24) is 5.32 Å². The van der Waals surface area contributed by atoms with E-state index in [9.17, 15) is 5.11 Å². The first kappa shape index (κ1) is 17.0. The maximum atomic E-state index is 9.38. The molecule has 0 aliphatic rings. The third-order valence-corrected chi connectivity index (χ3v) is 3.89. The van der Waals surface area contributed by atoms with Crippen molar-refractivity contribution >= 4 is 31.9 Å². The molecule has 3 nitrogen and oxygen atoms in total. The molecule has 1 atom stereocenters. The van der Waals surface area contributed by atoms with Crippen molar-refractivity contribution in [3.05, 3.63) is 26.6 Å². The Balaban J connectivity index is 2.76. The molecule has 0 heterocycles. The molecule has 1 rings (SSSR count). The van der Waals surface area contributed by atoms with E-state index in [4.69, 9.17) is 4.74 Å². The van der Waals surface area contributed by atoms with Gasteiger partial charge in [-0.3, -0.25) is 0 Å². The molecule has 1 unspecified atom stereocenters. The van der Waals surface area contributed by atoms with E-state index in [1.54, 1.807) is 7.11 Å². The number of benzene rings is 1. The van der Waals surface area contributed by atoms with Gasteiger partial charge in [-0.2, -0.15) is 0 Å². The van der Waals surface area contributed by atoms with Gasteiger partial charge in [0.05, 0.1) is 18.2 Å². The molecule has 0 bridgehead atoms. The predicted molar refractivity (Wildman–Crippen MR) is 85.6 cm³/mol. The van der Waals surface area contributed by atoms with Crippen LogP contribution in [0.3, 0.4) is 0 Å². The van der Waals surface area contributed by atoms with Crippen LogP contribution in [0.1, 0.15) is 25.8 Å². The second-order valence-corrected chi connectivity index (χ2v) is 6.74. The summed E-state index contributed by atoms with van der Waals surface area (Å²) in [6.07, 6.45) is 0.952. The molecule has 0 saturated heterocycles. The van der Waals surface area contributed by atoms with Gasteiger partial charge < -0.3 is 15.2 Å². The Morgan fingerprint density at radius 3 is 2.53 bits per heavy atom. The maximum absolute atomic E-state index is 9.38. The Labute approximate surface area is 132 Å². The van der Waals surface area contributed by atoms with Crippen LogP contribution in [0.5, 0.6) is 5.75 Å². The number of ether oxygens (including phenoxy) is 1. The van der Waals surface area contributed by atoms with E-state index in [1.807, 2.05) is 12.1 Å². The van der Waals surface area contributed by atoms with E-state index in [1.165, 1.54) is 0 Å². The van der Waals surface area contributed by atoms with Crippen LogP contribution >= 0.6 is 31.9 Å². The van der Waals surface area contributed by atoms with Crippen LogP contribution in [0.15, 0.2) is 21.1 Å². The lowest BCUT2D eigenvalue weighted by Crippen LogP contribution is -2.33. The first-order chi connectivity index (χ1) is 8.97. The van der Waals surface area contributed by atoms with Gasteiger partial charge in [0.1, 0.15) is 5.75 Å². The lowest BCUT2D eigenvalue weighted by molar-refractivity contribution is 0.223. The summed E-state index contributed by atoms with van der Waals surface area (Å²) in [5.41, 5.74) is 1.06. The van der Waals surface area contributed by atoms with Gasteiger partial charge in [0.2, 0.25) is 0 Å². The molecular weight excluding hydrogens is 374 g/mol. The monoisotopic (exact) mass is 393 g/mol. The molecule has 1 aromatic rings. The van der Waals surface area contributed by atoms with Crippen molar-refractivity contribution in [1.29, 1.82) is 0 Å². The molecule has 0 saturated carbocycles. The first-order valence-electron chi connectivity index (χ1n) is 6.34. The largest absolute Gasteiger partial charge is 0.495 e. The molecule has 0 amide bonds. The van der Waals surface area contributed by atoms with Gasteiger partial charge in [0.15, 0.2) is 0 Å². The predicted octanol–water partition coefficient (Wildman–Crippen LogP) is 3.72. The van der Waals surface area contributed by atoms with Gasteiger partial charge in [-0.25, -0.2) is 0 Å². The highest BCUT2D eigenvalue weighted by Crippen LogP contribution is 2.32. The van der Waals surface area contributed by atoms with Gasteiger partial charge in [0.25, 0.3) is 0 Å². The number of rotatable bonds is 7. The SMILES string of the molecule is COc1c(Br)cc(Br)cc1CNC(CO)CC(C)C. The van der Waals surface area contributed by atoms with Crippen LogP contribution in [0.4, 0.5) is 0 Å². The summed E-state index contributed by atoms with van der Waals surface area (Å²) < 4.78 is 7.33. The number of halogens is 2. The minimum Gasteiger partial charge on any atom is -0.495 e. The third-order valence-electron chi connectivity index (χ3n) is 2.85. The van der Waals surface area contributed by atoms with Gasteiger partial charge >= 0.3 is 0 Å². The van der Waals surface area contributed by atoms with Gasteiger partial charge in [0, 0.05) is 22.6 Å². The summed E-state index contributed by atoms with van der Waals surface area (Å²) in [6, 6.07) is 4.10. The van der Waals surface area contributed by atoms with Crippen molar-refractivity contribution in [2.75, 3.05) is 13.7 Å². The molecule has 0 aromatic heterocycles. The van der Waals surface area contributed by atoms with Crippen LogP contribution in [0.2, 0.25) is 0 Å². The molecule has 0 fully saturated rings. The van der Waals surface area contributed by atoms with Crippen molar-refractivity contribution in [3.63, 3.8) is 0 Å². The van der Waals surface area contributed by atoms with Crippen molar-refractivity contribution in [2.24, 2.45) is 5.92 Å². The molecule has 1 aromatic carbocycles. The Hall–Kier alpha value is -0.100. The van der Waals surface area contributed by atoms with E-state index >= 15 is 0 Å². The number of aliphatic hydroxyl groups excluding tert-OH is 1.